The van der Waals surface area contributed by atoms with E-state index in [-0.39, 0.29) is 17.9 Å². The Bertz CT molecular complexity index is 1040. The van der Waals surface area contributed by atoms with Crippen LogP contribution in [0.25, 0.3) is 10.8 Å². The zero-order chi connectivity index (χ0) is 22.2. The summed E-state index contributed by atoms with van der Waals surface area (Å²) in [5, 5.41) is 14.8. The molecule has 1 aliphatic heterocycles. The number of nitrogens with one attached hydrogen (secondary N) is 1. The Labute approximate surface area is 183 Å². The lowest BCUT2D eigenvalue weighted by Gasteiger charge is -2.35. The van der Waals surface area contributed by atoms with Gasteiger partial charge in [0.1, 0.15) is 17.7 Å². The molecule has 1 saturated heterocycles. The minimum Gasteiger partial charge on any atom is -0.444 e. The van der Waals surface area contributed by atoms with Crippen molar-refractivity contribution in [2.24, 2.45) is 5.92 Å². The second-order valence-corrected chi connectivity index (χ2v) is 9.64. The van der Waals surface area contributed by atoms with Gasteiger partial charge in [-0.05, 0) is 62.3 Å². The Hall–Kier alpha value is -3.07. The van der Waals surface area contributed by atoms with E-state index in [0.717, 1.165) is 35.6 Å². The van der Waals surface area contributed by atoms with Crippen LogP contribution in [0.5, 0.6) is 0 Å². The van der Waals surface area contributed by atoms with Gasteiger partial charge in [-0.3, -0.25) is 9.69 Å². The van der Waals surface area contributed by atoms with Crippen molar-refractivity contribution in [3.05, 3.63) is 48.0 Å². The van der Waals surface area contributed by atoms with Crippen LogP contribution in [0.1, 0.15) is 45.6 Å². The summed E-state index contributed by atoms with van der Waals surface area (Å²) in [5.74, 6) is -0.136. The van der Waals surface area contributed by atoms with Crippen molar-refractivity contribution in [3.63, 3.8) is 0 Å². The molecule has 2 amide bonds. The lowest BCUT2D eigenvalue weighted by atomic mass is 9.97. The molecule has 2 aromatic rings. The largest absolute Gasteiger partial charge is 0.444 e. The normalized spacial score (nSPS) is 23.4. The van der Waals surface area contributed by atoms with Crippen molar-refractivity contribution in [3.8, 4) is 6.07 Å². The highest BCUT2D eigenvalue weighted by molar-refractivity contribution is 5.88. The first-order valence-corrected chi connectivity index (χ1v) is 10.9. The van der Waals surface area contributed by atoms with Gasteiger partial charge >= 0.3 is 6.09 Å². The molecule has 0 radical (unpaired) electrons. The minimum absolute atomic E-state index is 0.0385. The van der Waals surface area contributed by atoms with Gasteiger partial charge in [0.2, 0.25) is 5.91 Å². The monoisotopic (exact) mass is 419 g/mol. The molecular formula is C25H29N3O3. The van der Waals surface area contributed by atoms with E-state index in [2.05, 4.69) is 17.5 Å². The number of nitrogens with zero attached hydrogens (tertiary/aromatic N) is 2. The highest BCUT2D eigenvalue weighted by Crippen LogP contribution is 2.43. The summed E-state index contributed by atoms with van der Waals surface area (Å²) in [6.07, 6.45) is 2.61. The average Bonchev–Trinajstić information content (AvgIpc) is 3.33. The number of hydrogen-bond acceptors (Lipinski definition) is 4. The molecule has 1 aliphatic carbocycles. The number of piperidine rings is 1. The standard InChI is InChI=1S/C25H29N3O3/c1-25(2,3)31-24(30)28-21-11-10-19(14-21)22(28)23(29)27-20(15-26)13-16-8-9-17-6-4-5-7-18(17)12-16/h4-9,12,19-22H,10-11,13-14H2,1-3H3,(H,27,29). The van der Waals surface area contributed by atoms with Gasteiger partial charge in [-0.25, -0.2) is 4.79 Å². The third-order valence-corrected chi connectivity index (χ3v) is 6.18. The van der Waals surface area contributed by atoms with Crippen molar-refractivity contribution in [1.29, 1.82) is 5.26 Å². The highest BCUT2D eigenvalue weighted by Gasteiger charge is 2.52. The Balaban J connectivity index is 1.47. The van der Waals surface area contributed by atoms with Gasteiger partial charge in [-0.2, -0.15) is 5.26 Å². The van der Waals surface area contributed by atoms with Gasteiger partial charge in [0.15, 0.2) is 0 Å². The molecule has 162 valence electrons. The van der Waals surface area contributed by atoms with E-state index in [1.54, 1.807) is 4.90 Å². The number of fused-ring (bicyclic) bond motifs is 3. The molecule has 6 nitrogen and oxygen atoms in total. The molecule has 2 aliphatic rings. The first-order chi connectivity index (χ1) is 14.7. The number of ether oxygens (including phenoxy) is 1. The van der Waals surface area contributed by atoms with Crippen LogP contribution in [0, 0.1) is 17.2 Å². The zero-order valence-electron chi connectivity index (χ0n) is 18.3. The minimum atomic E-state index is -0.659. The van der Waals surface area contributed by atoms with Crippen LogP contribution < -0.4 is 5.32 Å². The molecule has 1 heterocycles. The van der Waals surface area contributed by atoms with Crippen LogP contribution in [-0.2, 0) is 16.0 Å². The molecule has 1 saturated carbocycles. The fraction of sp³-hybridized carbons (Fsp3) is 0.480. The van der Waals surface area contributed by atoms with Crippen LogP contribution in [0.3, 0.4) is 0 Å². The second-order valence-electron chi connectivity index (χ2n) is 9.64. The maximum atomic E-state index is 13.2. The first kappa shape index (κ1) is 21.2. The Morgan fingerprint density at radius 1 is 1.19 bits per heavy atom. The van der Waals surface area contributed by atoms with Gasteiger partial charge < -0.3 is 10.1 Å². The smallest absolute Gasteiger partial charge is 0.411 e. The van der Waals surface area contributed by atoms with E-state index in [4.69, 9.17) is 4.74 Å². The van der Waals surface area contributed by atoms with Crippen molar-refractivity contribution >= 4 is 22.8 Å². The fourth-order valence-corrected chi connectivity index (χ4v) is 4.89. The maximum Gasteiger partial charge on any atom is 0.411 e. The number of nitriles is 1. The molecule has 2 aromatic carbocycles. The summed E-state index contributed by atoms with van der Waals surface area (Å²) in [6.45, 7) is 5.47. The summed E-state index contributed by atoms with van der Waals surface area (Å²) in [7, 11) is 0. The molecule has 6 heteroatoms. The Morgan fingerprint density at radius 3 is 2.65 bits per heavy atom. The Kier molecular flexibility index (Phi) is 5.62. The zero-order valence-corrected chi connectivity index (χ0v) is 18.3. The SMILES string of the molecule is CC(C)(C)OC(=O)N1C2CCC(C2)C1C(=O)NC(C#N)Cc1ccc2ccccc2c1. The molecule has 4 atom stereocenters. The van der Waals surface area contributed by atoms with Gasteiger partial charge in [-0.1, -0.05) is 42.5 Å². The number of carbonyl (C=O) groups excluding carboxylic acids is 2. The molecule has 4 unspecified atom stereocenters. The van der Waals surface area contributed by atoms with Crippen molar-refractivity contribution in [2.45, 2.75) is 70.2 Å². The fourth-order valence-electron chi connectivity index (χ4n) is 4.89. The number of benzene rings is 2. The Morgan fingerprint density at radius 2 is 1.94 bits per heavy atom. The van der Waals surface area contributed by atoms with E-state index in [1.165, 1.54) is 0 Å². The summed E-state index contributed by atoms with van der Waals surface area (Å²) in [5.41, 5.74) is 0.369. The predicted molar refractivity (Wildman–Crippen MR) is 118 cm³/mol. The van der Waals surface area contributed by atoms with Gasteiger partial charge in [0.05, 0.1) is 6.07 Å². The number of likely N-dealkylation sites (tertiary alicyclic amines) is 1. The molecule has 0 aromatic heterocycles. The van der Waals surface area contributed by atoms with Crippen molar-refractivity contribution in [1.82, 2.24) is 10.2 Å². The molecule has 0 spiro atoms. The molecule has 2 bridgehead atoms. The average molecular weight is 420 g/mol. The van der Waals surface area contributed by atoms with Crippen LogP contribution >= 0.6 is 0 Å². The topological polar surface area (TPSA) is 82.4 Å². The molecule has 31 heavy (non-hydrogen) atoms. The second kappa shape index (κ2) is 8.22. The molecule has 1 N–H and O–H groups in total. The lowest BCUT2D eigenvalue weighted by Crippen LogP contribution is -2.55. The van der Waals surface area contributed by atoms with E-state index in [0.29, 0.717) is 6.42 Å². The summed E-state index contributed by atoms with van der Waals surface area (Å²) in [6, 6.07) is 15.1. The molecular weight excluding hydrogens is 390 g/mol. The number of amides is 2. The van der Waals surface area contributed by atoms with Gasteiger partial charge in [0, 0.05) is 12.5 Å². The lowest BCUT2D eigenvalue weighted by molar-refractivity contribution is -0.128. The number of rotatable bonds is 4. The third kappa shape index (κ3) is 4.51. The summed E-state index contributed by atoms with van der Waals surface area (Å²) < 4.78 is 5.56. The van der Waals surface area contributed by atoms with E-state index < -0.39 is 23.8 Å². The summed E-state index contributed by atoms with van der Waals surface area (Å²) in [4.78, 5) is 27.6. The van der Waals surface area contributed by atoms with Gasteiger partial charge in [-0.15, -0.1) is 0 Å². The third-order valence-electron chi connectivity index (χ3n) is 6.18. The summed E-state index contributed by atoms with van der Waals surface area (Å²) >= 11 is 0. The van der Waals surface area contributed by atoms with Crippen LogP contribution in [-0.4, -0.2) is 40.6 Å². The number of hydrogen-bond donors (Lipinski definition) is 1. The van der Waals surface area contributed by atoms with Crippen molar-refractivity contribution in [2.75, 3.05) is 0 Å². The number of carbonyl (C=O) groups is 2. The predicted octanol–water partition coefficient (Wildman–Crippen LogP) is 4.18. The molecule has 4 rings (SSSR count). The van der Waals surface area contributed by atoms with E-state index in [9.17, 15) is 14.9 Å². The van der Waals surface area contributed by atoms with Crippen molar-refractivity contribution < 1.29 is 14.3 Å². The quantitative estimate of drug-likeness (QED) is 0.806. The van der Waals surface area contributed by atoms with Crippen LogP contribution in [0.15, 0.2) is 42.5 Å². The molecule has 2 fully saturated rings. The van der Waals surface area contributed by atoms with Crippen LogP contribution in [0.2, 0.25) is 0 Å². The van der Waals surface area contributed by atoms with Gasteiger partial charge in [0.25, 0.3) is 0 Å². The van der Waals surface area contributed by atoms with E-state index in [1.807, 2.05) is 57.2 Å². The van der Waals surface area contributed by atoms with Crippen LogP contribution in [0.4, 0.5) is 4.79 Å². The highest BCUT2D eigenvalue weighted by atomic mass is 16.6. The first-order valence-electron chi connectivity index (χ1n) is 10.9. The maximum absolute atomic E-state index is 13.2. The van der Waals surface area contributed by atoms with E-state index >= 15 is 0 Å².